The van der Waals surface area contributed by atoms with Crippen LogP contribution in [0.4, 0.5) is 17.1 Å². The Labute approximate surface area is 200 Å². The van der Waals surface area contributed by atoms with Crippen LogP contribution in [-0.2, 0) is 9.59 Å². The third kappa shape index (κ3) is 4.62. The van der Waals surface area contributed by atoms with Crippen LogP contribution < -0.4 is 15.5 Å². The SMILES string of the molecule is Cc1cc(C)cc(N2C(=O)C(Cl)=C(Nc3cccc(C(=O)Nc4ccccc4Cl)c3)C2=O)c1. The molecule has 6 nitrogen and oxygen atoms in total. The number of para-hydroxylation sites is 1. The number of carbonyl (C=O) groups excluding carboxylic acids is 3. The molecule has 0 aliphatic carbocycles. The van der Waals surface area contributed by atoms with Gasteiger partial charge in [0.2, 0.25) is 0 Å². The molecule has 0 saturated heterocycles. The van der Waals surface area contributed by atoms with Gasteiger partial charge >= 0.3 is 0 Å². The highest BCUT2D eigenvalue weighted by molar-refractivity contribution is 6.53. The zero-order valence-electron chi connectivity index (χ0n) is 17.8. The van der Waals surface area contributed by atoms with Crippen molar-refractivity contribution in [2.45, 2.75) is 13.8 Å². The predicted molar refractivity (Wildman–Crippen MR) is 131 cm³/mol. The molecule has 3 aromatic carbocycles. The van der Waals surface area contributed by atoms with Crippen LogP contribution in [0.5, 0.6) is 0 Å². The van der Waals surface area contributed by atoms with Crippen molar-refractivity contribution >= 4 is 58.0 Å². The maximum atomic E-state index is 13.1. The predicted octanol–water partition coefficient (Wildman–Crippen LogP) is 5.64. The van der Waals surface area contributed by atoms with E-state index < -0.39 is 11.8 Å². The summed E-state index contributed by atoms with van der Waals surface area (Å²) < 4.78 is 0. The fraction of sp³-hybridized carbons (Fsp3) is 0.0800. The van der Waals surface area contributed by atoms with Crippen molar-refractivity contribution in [2.75, 3.05) is 15.5 Å². The molecule has 2 N–H and O–H groups in total. The molecule has 0 bridgehead atoms. The first-order chi connectivity index (χ1) is 15.7. The van der Waals surface area contributed by atoms with Crippen molar-refractivity contribution < 1.29 is 14.4 Å². The summed E-state index contributed by atoms with van der Waals surface area (Å²) in [6, 6.07) is 18.8. The fourth-order valence-electron chi connectivity index (χ4n) is 3.57. The smallest absolute Gasteiger partial charge is 0.283 e. The van der Waals surface area contributed by atoms with Crippen LogP contribution in [0.25, 0.3) is 0 Å². The molecule has 1 aliphatic rings. The average Bonchev–Trinajstić information content (AvgIpc) is 2.98. The number of aryl methyl sites for hydroxylation is 2. The molecular weight excluding hydrogens is 461 g/mol. The van der Waals surface area contributed by atoms with Gasteiger partial charge in [-0.3, -0.25) is 14.4 Å². The van der Waals surface area contributed by atoms with Crippen LogP contribution in [0.3, 0.4) is 0 Å². The van der Waals surface area contributed by atoms with Gasteiger partial charge in [-0.2, -0.15) is 0 Å². The van der Waals surface area contributed by atoms with E-state index in [0.29, 0.717) is 27.6 Å². The van der Waals surface area contributed by atoms with Gasteiger partial charge < -0.3 is 10.6 Å². The first-order valence-electron chi connectivity index (χ1n) is 10.0. The van der Waals surface area contributed by atoms with Crippen LogP contribution in [0, 0.1) is 13.8 Å². The summed E-state index contributed by atoms with van der Waals surface area (Å²) >= 11 is 12.3. The monoisotopic (exact) mass is 479 g/mol. The Bertz CT molecular complexity index is 1310. The van der Waals surface area contributed by atoms with Crippen LogP contribution in [0.15, 0.2) is 77.5 Å². The van der Waals surface area contributed by atoms with E-state index >= 15 is 0 Å². The molecule has 8 heteroatoms. The number of imide groups is 1. The number of rotatable bonds is 5. The van der Waals surface area contributed by atoms with Crippen molar-refractivity contribution in [3.8, 4) is 0 Å². The second-order valence-corrected chi connectivity index (χ2v) is 8.41. The zero-order chi connectivity index (χ0) is 23.7. The number of hydrogen-bond donors (Lipinski definition) is 2. The minimum absolute atomic E-state index is 0.0514. The summed E-state index contributed by atoms with van der Waals surface area (Å²) in [5, 5.41) is 5.84. The van der Waals surface area contributed by atoms with Crippen molar-refractivity contribution in [3.63, 3.8) is 0 Å². The van der Waals surface area contributed by atoms with Crippen LogP contribution in [0.2, 0.25) is 5.02 Å². The number of halogens is 2. The van der Waals surface area contributed by atoms with Crippen LogP contribution in [-0.4, -0.2) is 17.7 Å². The third-order valence-corrected chi connectivity index (χ3v) is 5.69. The van der Waals surface area contributed by atoms with E-state index in [1.165, 1.54) is 0 Å². The number of nitrogens with zero attached hydrogens (tertiary/aromatic N) is 1. The Morgan fingerprint density at radius 2 is 1.55 bits per heavy atom. The molecule has 0 radical (unpaired) electrons. The number of benzene rings is 3. The molecule has 0 aromatic heterocycles. The number of carbonyl (C=O) groups is 3. The number of amides is 3. The lowest BCUT2D eigenvalue weighted by molar-refractivity contribution is -0.120. The summed E-state index contributed by atoms with van der Waals surface area (Å²) in [6.45, 7) is 3.77. The summed E-state index contributed by atoms with van der Waals surface area (Å²) in [5.74, 6) is -1.56. The quantitative estimate of drug-likeness (QED) is 0.463. The molecule has 4 rings (SSSR count). The molecule has 3 aromatic rings. The molecule has 0 spiro atoms. The molecule has 0 fully saturated rings. The fourth-order valence-corrected chi connectivity index (χ4v) is 3.96. The van der Waals surface area contributed by atoms with Gasteiger partial charge in [0.25, 0.3) is 17.7 Å². The van der Waals surface area contributed by atoms with Crippen molar-refractivity contribution in [1.29, 1.82) is 0 Å². The largest absolute Gasteiger partial charge is 0.350 e. The van der Waals surface area contributed by atoms with E-state index in [2.05, 4.69) is 10.6 Å². The van der Waals surface area contributed by atoms with E-state index in [1.54, 1.807) is 60.7 Å². The summed E-state index contributed by atoms with van der Waals surface area (Å²) in [6.07, 6.45) is 0. The number of anilines is 3. The molecule has 1 heterocycles. The molecule has 0 atom stereocenters. The first-order valence-corrected chi connectivity index (χ1v) is 10.8. The van der Waals surface area contributed by atoms with Crippen LogP contribution in [0.1, 0.15) is 21.5 Å². The van der Waals surface area contributed by atoms with Crippen molar-refractivity contribution in [3.05, 3.63) is 99.2 Å². The summed E-state index contributed by atoms with van der Waals surface area (Å²) in [4.78, 5) is 39.5. The molecule has 0 unspecified atom stereocenters. The Hall–Kier alpha value is -3.61. The molecule has 0 saturated carbocycles. The Kier molecular flexibility index (Phi) is 6.22. The van der Waals surface area contributed by atoms with Gasteiger partial charge in [-0.1, -0.05) is 47.5 Å². The Morgan fingerprint density at radius 1 is 0.848 bits per heavy atom. The van der Waals surface area contributed by atoms with Gasteiger partial charge in [-0.25, -0.2) is 4.90 Å². The molecular formula is C25H19Cl2N3O3. The van der Waals surface area contributed by atoms with E-state index in [0.717, 1.165) is 16.0 Å². The minimum Gasteiger partial charge on any atom is -0.350 e. The Morgan fingerprint density at radius 3 is 2.24 bits per heavy atom. The molecule has 1 aliphatic heterocycles. The maximum Gasteiger partial charge on any atom is 0.283 e. The van der Waals surface area contributed by atoms with Gasteiger partial charge in [0, 0.05) is 11.3 Å². The van der Waals surface area contributed by atoms with E-state index in [-0.39, 0.29) is 16.6 Å². The number of hydrogen-bond acceptors (Lipinski definition) is 4. The molecule has 3 amide bonds. The van der Waals surface area contributed by atoms with Gasteiger partial charge in [0.05, 0.1) is 16.4 Å². The van der Waals surface area contributed by atoms with Crippen molar-refractivity contribution in [2.24, 2.45) is 0 Å². The van der Waals surface area contributed by atoms with E-state index in [4.69, 9.17) is 23.2 Å². The highest BCUT2D eigenvalue weighted by Gasteiger charge is 2.39. The van der Waals surface area contributed by atoms with Crippen molar-refractivity contribution in [1.82, 2.24) is 0 Å². The summed E-state index contributed by atoms with van der Waals surface area (Å²) in [7, 11) is 0. The first kappa shape index (κ1) is 22.6. The third-order valence-electron chi connectivity index (χ3n) is 5.01. The van der Waals surface area contributed by atoms with Gasteiger partial charge in [0.15, 0.2) is 0 Å². The summed E-state index contributed by atoms with van der Waals surface area (Å²) in [5.41, 5.74) is 3.47. The normalized spacial score (nSPS) is 13.5. The molecule has 33 heavy (non-hydrogen) atoms. The van der Waals surface area contributed by atoms with Gasteiger partial charge in [-0.05, 0) is 67.4 Å². The zero-order valence-corrected chi connectivity index (χ0v) is 19.3. The van der Waals surface area contributed by atoms with Gasteiger partial charge in [-0.15, -0.1) is 0 Å². The second kappa shape index (κ2) is 9.10. The average molecular weight is 480 g/mol. The van der Waals surface area contributed by atoms with Gasteiger partial charge in [0.1, 0.15) is 10.7 Å². The van der Waals surface area contributed by atoms with E-state index in [9.17, 15) is 14.4 Å². The maximum absolute atomic E-state index is 13.1. The topological polar surface area (TPSA) is 78.5 Å². The highest BCUT2D eigenvalue weighted by Crippen LogP contribution is 2.31. The van der Waals surface area contributed by atoms with Crippen LogP contribution >= 0.6 is 23.2 Å². The lowest BCUT2D eigenvalue weighted by Gasteiger charge is -2.16. The lowest BCUT2D eigenvalue weighted by atomic mass is 10.1. The molecule has 166 valence electrons. The second-order valence-electron chi connectivity index (χ2n) is 7.62. The lowest BCUT2D eigenvalue weighted by Crippen LogP contribution is -2.32. The Balaban J connectivity index is 1.56. The minimum atomic E-state index is -0.609. The number of nitrogens with one attached hydrogen (secondary N) is 2. The van der Waals surface area contributed by atoms with E-state index in [1.807, 2.05) is 19.9 Å². The highest BCUT2D eigenvalue weighted by atomic mass is 35.5. The standard InChI is InChI=1S/C25H19Cl2N3O3/c1-14-10-15(2)12-18(11-14)30-24(32)21(27)22(25(30)33)28-17-7-5-6-16(13-17)23(31)29-20-9-4-3-8-19(20)26/h3-13,28H,1-2H3,(H,29,31).